The summed E-state index contributed by atoms with van der Waals surface area (Å²) >= 11 is 0. The summed E-state index contributed by atoms with van der Waals surface area (Å²) in [6.45, 7) is 0.971. The third-order valence-electron chi connectivity index (χ3n) is 2.55. The number of aliphatic carboxylic acids is 1. The molecule has 0 aliphatic heterocycles. The second-order valence-electron chi connectivity index (χ2n) is 4.18. The number of rotatable bonds is 8. The fourth-order valence-electron chi connectivity index (χ4n) is 1.59. The van der Waals surface area contributed by atoms with Crippen molar-refractivity contribution in [2.75, 3.05) is 20.2 Å². The van der Waals surface area contributed by atoms with Crippen LogP contribution < -0.4 is 0 Å². The highest BCUT2D eigenvalue weighted by molar-refractivity contribution is 7.89. The smallest absolute Gasteiger partial charge is 0.327 e. The van der Waals surface area contributed by atoms with E-state index in [1.165, 1.54) is 7.11 Å². The monoisotopic (exact) mass is 319 g/mol. The van der Waals surface area contributed by atoms with Crippen LogP contribution in [0.3, 0.4) is 0 Å². The predicted molar refractivity (Wildman–Crippen MR) is 70.9 cm³/mol. The molecule has 21 heavy (non-hydrogen) atoms. The first kappa shape index (κ1) is 17.1. The Bertz CT molecular complexity index is 609. The zero-order valence-electron chi connectivity index (χ0n) is 11.7. The molecule has 1 aromatic heterocycles. The van der Waals surface area contributed by atoms with Crippen molar-refractivity contribution in [2.45, 2.75) is 24.8 Å². The Balaban J connectivity index is 2.99. The van der Waals surface area contributed by atoms with Gasteiger partial charge in [-0.25, -0.2) is 8.42 Å². The quantitative estimate of drug-likeness (QED) is 0.644. The molecule has 1 N–H and O–H groups in total. The van der Waals surface area contributed by atoms with Crippen molar-refractivity contribution in [2.24, 2.45) is 0 Å². The molecular formula is C11H17N3O6S. The SMILES string of the molecule is CCCN(CC(=O)O)S(=O)(=O)c1cnn(CC(=O)OC)c1. The van der Waals surface area contributed by atoms with Gasteiger partial charge in [0.2, 0.25) is 10.0 Å². The van der Waals surface area contributed by atoms with Crippen molar-refractivity contribution >= 4 is 22.0 Å². The van der Waals surface area contributed by atoms with Gasteiger partial charge >= 0.3 is 11.9 Å². The van der Waals surface area contributed by atoms with Gasteiger partial charge in [0.15, 0.2) is 0 Å². The molecular weight excluding hydrogens is 302 g/mol. The van der Waals surface area contributed by atoms with Crippen molar-refractivity contribution in [3.05, 3.63) is 12.4 Å². The van der Waals surface area contributed by atoms with Crippen LogP contribution in [0.5, 0.6) is 0 Å². The lowest BCUT2D eigenvalue weighted by molar-refractivity contribution is -0.141. The largest absolute Gasteiger partial charge is 0.480 e. The maximum absolute atomic E-state index is 12.3. The topological polar surface area (TPSA) is 119 Å². The number of nitrogens with zero attached hydrogens (tertiary/aromatic N) is 3. The highest BCUT2D eigenvalue weighted by Crippen LogP contribution is 2.15. The van der Waals surface area contributed by atoms with Crippen molar-refractivity contribution in [3.63, 3.8) is 0 Å². The second-order valence-corrected chi connectivity index (χ2v) is 6.12. The first-order valence-corrected chi connectivity index (χ1v) is 7.56. The van der Waals surface area contributed by atoms with Gasteiger partial charge in [-0.15, -0.1) is 0 Å². The molecule has 0 atom stereocenters. The van der Waals surface area contributed by atoms with E-state index in [0.717, 1.165) is 21.4 Å². The van der Waals surface area contributed by atoms with E-state index >= 15 is 0 Å². The van der Waals surface area contributed by atoms with E-state index in [1.54, 1.807) is 6.92 Å². The lowest BCUT2D eigenvalue weighted by Gasteiger charge is -2.18. The average molecular weight is 319 g/mol. The summed E-state index contributed by atoms with van der Waals surface area (Å²) in [5.74, 6) is -1.81. The summed E-state index contributed by atoms with van der Waals surface area (Å²) < 4.78 is 31.1. The molecule has 0 radical (unpaired) electrons. The normalized spacial score (nSPS) is 11.6. The van der Waals surface area contributed by atoms with E-state index in [9.17, 15) is 18.0 Å². The molecule has 0 aliphatic carbocycles. The lowest BCUT2D eigenvalue weighted by atomic mass is 10.5. The number of carboxylic acid groups (broad SMARTS) is 1. The summed E-state index contributed by atoms with van der Waals surface area (Å²) in [7, 11) is -2.76. The van der Waals surface area contributed by atoms with Crippen LogP contribution in [0.1, 0.15) is 13.3 Å². The minimum Gasteiger partial charge on any atom is -0.480 e. The number of carboxylic acids is 1. The van der Waals surface area contributed by atoms with E-state index in [-0.39, 0.29) is 18.0 Å². The zero-order chi connectivity index (χ0) is 16.0. The predicted octanol–water partition coefficient (Wildman–Crippen LogP) is -0.459. The number of aromatic nitrogens is 2. The molecule has 0 saturated carbocycles. The van der Waals surface area contributed by atoms with Gasteiger partial charge in [0, 0.05) is 12.7 Å². The number of carbonyl (C=O) groups excluding carboxylic acids is 1. The highest BCUT2D eigenvalue weighted by Gasteiger charge is 2.27. The summed E-state index contributed by atoms with van der Waals surface area (Å²) in [4.78, 5) is 21.7. The standard InChI is InChI=1S/C11H17N3O6S/c1-3-4-14(7-10(15)16)21(18,19)9-5-12-13(6-9)8-11(17)20-2/h5-6H,3-4,7-8H2,1-2H3,(H,15,16). The number of ether oxygens (including phenoxy) is 1. The Kier molecular flexibility index (Phi) is 5.85. The number of hydrogen-bond donors (Lipinski definition) is 1. The van der Waals surface area contributed by atoms with Crippen LogP contribution in [0.2, 0.25) is 0 Å². The third kappa shape index (κ3) is 4.53. The molecule has 0 unspecified atom stereocenters. The minimum absolute atomic E-state index is 0.0802. The molecule has 0 bridgehead atoms. The highest BCUT2D eigenvalue weighted by atomic mass is 32.2. The summed E-state index contributed by atoms with van der Waals surface area (Å²) in [5, 5.41) is 12.5. The molecule has 118 valence electrons. The van der Waals surface area contributed by atoms with E-state index in [1.807, 2.05) is 0 Å². The minimum atomic E-state index is -3.96. The van der Waals surface area contributed by atoms with Crippen molar-refractivity contribution < 1.29 is 27.9 Å². The van der Waals surface area contributed by atoms with Gasteiger partial charge in [0.05, 0.1) is 13.3 Å². The van der Waals surface area contributed by atoms with Gasteiger partial charge in [0.1, 0.15) is 18.0 Å². The Morgan fingerprint density at radius 2 is 2.14 bits per heavy atom. The van der Waals surface area contributed by atoms with Gasteiger partial charge in [-0.2, -0.15) is 9.40 Å². The Morgan fingerprint density at radius 3 is 2.67 bits per heavy atom. The second kappa shape index (κ2) is 7.18. The molecule has 0 saturated heterocycles. The Labute approximate surface area is 122 Å². The van der Waals surface area contributed by atoms with E-state index in [0.29, 0.717) is 6.42 Å². The lowest BCUT2D eigenvalue weighted by Crippen LogP contribution is -2.36. The Morgan fingerprint density at radius 1 is 1.48 bits per heavy atom. The molecule has 0 spiro atoms. The average Bonchev–Trinajstić information content (AvgIpc) is 2.86. The molecule has 0 fully saturated rings. The van der Waals surface area contributed by atoms with Crippen molar-refractivity contribution in [1.82, 2.24) is 14.1 Å². The van der Waals surface area contributed by atoms with Crippen LogP contribution in [0.15, 0.2) is 17.3 Å². The van der Waals surface area contributed by atoms with Gasteiger partial charge < -0.3 is 9.84 Å². The fraction of sp³-hybridized carbons (Fsp3) is 0.545. The molecule has 1 heterocycles. The van der Waals surface area contributed by atoms with Crippen LogP contribution >= 0.6 is 0 Å². The number of esters is 1. The molecule has 0 aliphatic rings. The van der Waals surface area contributed by atoms with Crippen LogP contribution in [-0.2, 0) is 30.9 Å². The van der Waals surface area contributed by atoms with Gasteiger partial charge in [-0.05, 0) is 6.42 Å². The molecule has 0 aromatic carbocycles. The fourth-order valence-corrected chi connectivity index (χ4v) is 3.03. The van der Waals surface area contributed by atoms with Crippen LogP contribution in [0, 0.1) is 0 Å². The molecule has 0 amide bonds. The van der Waals surface area contributed by atoms with Gasteiger partial charge in [-0.1, -0.05) is 6.92 Å². The molecule has 9 nitrogen and oxygen atoms in total. The summed E-state index contributed by atoms with van der Waals surface area (Å²) in [5.41, 5.74) is 0. The van der Waals surface area contributed by atoms with E-state index < -0.39 is 28.5 Å². The van der Waals surface area contributed by atoms with E-state index in [2.05, 4.69) is 9.84 Å². The van der Waals surface area contributed by atoms with Gasteiger partial charge in [0.25, 0.3) is 0 Å². The van der Waals surface area contributed by atoms with Gasteiger partial charge in [-0.3, -0.25) is 14.3 Å². The maximum atomic E-state index is 12.3. The maximum Gasteiger partial charge on any atom is 0.327 e. The van der Waals surface area contributed by atoms with Crippen LogP contribution in [0.25, 0.3) is 0 Å². The zero-order valence-corrected chi connectivity index (χ0v) is 12.5. The third-order valence-corrected chi connectivity index (χ3v) is 4.35. The first-order valence-electron chi connectivity index (χ1n) is 6.12. The first-order chi connectivity index (χ1) is 9.81. The summed E-state index contributed by atoms with van der Waals surface area (Å²) in [6, 6.07) is 0. The number of carbonyl (C=O) groups is 2. The molecule has 1 aromatic rings. The van der Waals surface area contributed by atoms with Crippen LogP contribution in [-0.4, -0.2) is 59.7 Å². The number of methoxy groups -OCH3 is 1. The number of hydrogen-bond acceptors (Lipinski definition) is 6. The van der Waals surface area contributed by atoms with Crippen LogP contribution in [0.4, 0.5) is 0 Å². The molecule has 10 heteroatoms. The van der Waals surface area contributed by atoms with E-state index in [4.69, 9.17) is 5.11 Å². The Hall–Kier alpha value is -1.94. The summed E-state index contributed by atoms with van der Waals surface area (Å²) in [6.07, 6.45) is 2.71. The van der Waals surface area contributed by atoms with Crippen molar-refractivity contribution in [1.29, 1.82) is 0 Å². The number of sulfonamides is 1. The van der Waals surface area contributed by atoms with Crippen molar-refractivity contribution in [3.8, 4) is 0 Å². The molecule has 1 rings (SSSR count).